The van der Waals surface area contributed by atoms with Crippen molar-refractivity contribution in [1.29, 1.82) is 0 Å². The van der Waals surface area contributed by atoms with E-state index in [-0.39, 0.29) is 10.8 Å². The van der Waals surface area contributed by atoms with Crippen LogP contribution in [0.3, 0.4) is 0 Å². The van der Waals surface area contributed by atoms with Crippen molar-refractivity contribution in [3.8, 4) is 0 Å². The van der Waals surface area contributed by atoms with E-state index in [9.17, 15) is 23.2 Å². The average molecular weight is 416 g/mol. The first-order valence-corrected chi connectivity index (χ1v) is 10.1. The van der Waals surface area contributed by atoms with E-state index in [1.165, 1.54) is 24.3 Å². The number of fused-ring (bicyclic) bond motifs is 1. The van der Waals surface area contributed by atoms with Gasteiger partial charge in [-0.25, -0.2) is 4.79 Å². The molecule has 0 radical (unpaired) electrons. The van der Waals surface area contributed by atoms with Crippen molar-refractivity contribution in [2.45, 2.75) is 41.3 Å². The van der Waals surface area contributed by atoms with E-state index in [4.69, 9.17) is 4.74 Å². The number of carbonyl (C=O) groups is 3. The van der Waals surface area contributed by atoms with Crippen LogP contribution in [0.2, 0.25) is 0 Å². The number of alkyl halides is 2. The molecule has 0 bridgehead atoms. The lowest BCUT2D eigenvalue weighted by molar-refractivity contribution is -0.155. The molecule has 3 rings (SSSR count). The monoisotopic (exact) mass is 416 g/mol. The van der Waals surface area contributed by atoms with Crippen LogP contribution in [0.1, 0.15) is 19.8 Å². The zero-order chi connectivity index (χ0) is 19.6. The molecule has 2 aliphatic heterocycles. The molecule has 2 saturated heterocycles. The zero-order valence-electron chi connectivity index (χ0n) is 14.4. The highest BCUT2D eigenvalue weighted by molar-refractivity contribution is 8.01. The number of carbonyl (C=O) groups excluding carboxylic acids is 3. The lowest BCUT2D eigenvalue weighted by atomic mass is 10.2. The van der Waals surface area contributed by atoms with Gasteiger partial charge in [0.1, 0.15) is 6.04 Å². The summed E-state index contributed by atoms with van der Waals surface area (Å²) in [5.74, 6) is -3.27. The number of thioether (sulfide) groups is 2. The summed E-state index contributed by atoms with van der Waals surface area (Å²) in [5, 5.41) is 2.53. The van der Waals surface area contributed by atoms with E-state index in [2.05, 4.69) is 5.32 Å². The van der Waals surface area contributed by atoms with Crippen LogP contribution < -0.4 is 5.32 Å². The second-order valence-electron chi connectivity index (χ2n) is 6.32. The summed E-state index contributed by atoms with van der Waals surface area (Å²) in [6, 6.07) is 5.24. The Bertz CT molecular complexity index is 747. The molecular formula is C17H18F2N2O4S2. The van der Waals surface area contributed by atoms with Crippen LogP contribution in [-0.2, 0) is 19.1 Å². The van der Waals surface area contributed by atoms with Gasteiger partial charge in [0, 0.05) is 22.8 Å². The number of nitrogens with one attached hydrogen (secondary N) is 1. The van der Waals surface area contributed by atoms with Crippen molar-refractivity contribution in [3.05, 3.63) is 24.3 Å². The van der Waals surface area contributed by atoms with Crippen molar-refractivity contribution in [3.63, 3.8) is 0 Å². The number of hydrogen-bond acceptors (Lipinski definition) is 6. The molecule has 2 heterocycles. The molecule has 1 aromatic rings. The van der Waals surface area contributed by atoms with Crippen molar-refractivity contribution in [2.24, 2.45) is 0 Å². The highest BCUT2D eigenvalue weighted by atomic mass is 32.2. The third-order valence-electron chi connectivity index (χ3n) is 4.43. The lowest BCUT2D eigenvalue weighted by Crippen LogP contribution is -2.47. The Morgan fingerprint density at radius 2 is 2.11 bits per heavy atom. The number of ether oxygens (including phenoxy) is 1. The maximum Gasteiger partial charge on any atom is 0.330 e. The fourth-order valence-electron chi connectivity index (χ4n) is 3.14. The molecule has 2 amide bonds. The van der Waals surface area contributed by atoms with Gasteiger partial charge in [0.25, 0.3) is 11.7 Å². The first kappa shape index (κ1) is 19.9. The summed E-state index contributed by atoms with van der Waals surface area (Å²) in [4.78, 5) is 37.8. The van der Waals surface area contributed by atoms with Gasteiger partial charge in [-0.05, 0) is 37.6 Å². The predicted octanol–water partition coefficient (Wildman–Crippen LogP) is 2.94. The number of benzene rings is 1. The molecule has 1 N–H and O–H groups in total. The van der Waals surface area contributed by atoms with E-state index >= 15 is 0 Å². The second-order valence-corrected chi connectivity index (χ2v) is 8.89. The van der Waals surface area contributed by atoms with Gasteiger partial charge >= 0.3 is 5.97 Å². The van der Waals surface area contributed by atoms with Crippen molar-refractivity contribution < 1.29 is 27.9 Å². The van der Waals surface area contributed by atoms with Gasteiger partial charge in [0.2, 0.25) is 5.91 Å². The quantitative estimate of drug-likeness (QED) is 0.568. The first-order chi connectivity index (χ1) is 12.8. The molecule has 0 unspecified atom stereocenters. The Hall–Kier alpha value is -1.81. The average Bonchev–Trinajstić information content (AvgIpc) is 3.10. The third-order valence-corrected chi connectivity index (χ3v) is 6.65. The van der Waals surface area contributed by atoms with E-state index in [0.717, 1.165) is 0 Å². The van der Waals surface area contributed by atoms with Crippen LogP contribution in [0, 0.1) is 0 Å². The number of amides is 2. The summed E-state index contributed by atoms with van der Waals surface area (Å²) in [5.41, 5.74) is 0.411. The van der Waals surface area contributed by atoms with Crippen LogP contribution in [0.15, 0.2) is 29.2 Å². The van der Waals surface area contributed by atoms with E-state index < -0.39 is 30.3 Å². The molecule has 0 saturated carbocycles. The third kappa shape index (κ3) is 4.55. The highest BCUT2D eigenvalue weighted by Crippen LogP contribution is 2.47. The summed E-state index contributed by atoms with van der Waals surface area (Å²) in [7, 11) is 0. The maximum atomic E-state index is 12.3. The largest absolute Gasteiger partial charge is 0.454 e. The molecule has 10 heteroatoms. The van der Waals surface area contributed by atoms with Gasteiger partial charge in [-0.2, -0.15) is 8.78 Å². The fraction of sp³-hybridized carbons (Fsp3) is 0.471. The fourth-order valence-corrected chi connectivity index (χ4v) is 5.06. The van der Waals surface area contributed by atoms with Crippen LogP contribution in [0.25, 0.3) is 0 Å². The Labute approximate surface area is 163 Å². The van der Waals surface area contributed by atoms with Gasteiger partial charge in [-0.3, -0.25) is 9.59 Å². The lowest BCUT2D eigenvalue weighted by Gasteiger charge is -2.29. The predicted molar refractivity (Wildman–Crippen MR) is 98.6 cm³/mol. The summed E-state index contributed by atoms with van der Waals surface area (Å²) in [6.07, 6.45) is 1.11. The van der Waals surface area contributed by atoms with Gasteiger partial charge in [0.15, 0.2) is 6.61 Å². The Balaban J connectivity index is 1.49. The van der Waals surface area contributed by atoms with Crippen LogP contribution in [0.5, 0.6) is 0 Å². The number of anilines is 1. The molecule has 6 nitrogen and oxygen atoms in total. The minimum Gasteiger partial charge on any atom is -0.454 e. The molecule has 1 aromatic carbocycles. The molecular weight excluding hydrogens is 398 g/mol. The van der Waals surface area contributed by atoms with Crippen LogP contribution >= 0.6 is 23.5 Å². The molecule has 0 aliphatic carbocycles. The van der Waals surface area contributed by atoms with E-state index in [0.29, 0.717) is 40.9 Å². The summed E-state index contributed by atoms with van der Waals surface area (Å²) in [6.45, 7) is 1.45. The highest BCUT2D eigenvalue weighted by Gasteiger charge is 2.53. The number of esters is 1. The van der Waals surface area contributed by atoms with Crippen LogP contribution in [0.4, 0.5) is 14.5 Å². The van der Waals surface area contributed by atoms with Gasteiger partial charge < -0.3 is 15.0 Å². The smallest absolute Gasteiger partial charge is 0.330 e. The number of halogens is 2. The summed E-state index contributed by atoms with van der Waals surface area (Å²) < 4.78 is 29.6. The number of rotatable bonds is 6. The topological polar surface area (TPSA) is 75.7 Å². The Morgan fingerprint density at radius 3 is 2.78 bits per heavy atom. The number of nitrogens with zero attached hydrogens (tertiary/aromatic N) is 1. The minimum atomic E-state index is -2.51. The molecule has 0 aromatic heterocycles. The number of hydrogen-bond donors (Lipinski definition) is 1. The Morgan fingerprint density at radius 1 is 1.41 bits per heavy atom. The van der Waals surface area contributed by atoms with Crippen LogP contribution in [-0.4, -0.2) is 51.7 Å². The van der Waals surface area contributed by atoms with E-state index in [1.54, 1.807) is 16.7 Å². The van der Waals surface area contributed by atoms with Crippen molar-refractivity contribution in [1.82, 2.24) is 4.90 Å². The SMILES string of the molecule is C[C@]12CCC(=O)N1[C@H](C(=O)OCC(=O)Nc1ccc(SC(F)F)cc1)CS2. The molecule has 2 fully saturated rings. The molecule has 146 valence electrons. The minimum absolute atomic E-state index is 0.0735. The van der Waals surface area contributed by atoms with E-state index in [1.807, 2.05) is 6.92 Å². The molecule has 2 atom stereocenters. The maximum absolute atomic E-state index is 12.3. The summed E-state index contributed by atoms with van der Waals surface area (Å²) >= 11 is 1.96. The van der Waals surface area contributed by atoms with Gasteiger partial charge in [-0.1, -0.05) is 11.8 Å². The normalized spacial score (nSPS) is 24.2. The van der Waals surface area contributed by atoms with Crippen molar-refractivity contribution in [2.75, 3.05) is 17.7 Å². The molecule has 27 heavy (non-hydrogen) atoms. The Kier molecular flexibility index (Phi) is 5.95. The zero-order valence-corrected chi connectivity index (χ0v) is 16.1. The molecule has 0 spiro atoms. The first-order valence-electron chi connectivity index (χ1n) is 8.26. The molecule has 2 aliphatic rings. The second kappa shape index (κ2) is 8.05. The van der Waals surface area contributed by atoms with Gasteiger partial charge in [0.05, 0.1) is 4.87 Å². The van der Waals surface area contributed by atoms with Crippen molar-refractivity contribution >= 4 is 47.0 Å². The van der Waals surface area contributed by atoms with Gasteiger partial charge in [-0.15, -0.1) is 11.8 Å². The standard InChI is InChI=1S/C17H18F2N2O4S2/c1-17-7-6-14(23)21(17)12(9-26-17)15(24)25-8-13(22)20-10-2-4-11(5-3-10)27-16(18)19/h2-5,12,16H,6-9H2,1H3,(H,20,22)/t12-,17-/m0/s1.